The van der Waals surface area contributed by atoms with Crippen LogP contribution in [-0.4, -0.2) is 44.1 Å². The van der Waals surface area contributed by atoms with Crippen molar-refractivity contribution in [3.8, 4) is 0 Å². The van der Waals surface area contributed by atoms with Gasteiger partial charge in [-0.2, -0.15) is 0 Å². The van der Waals surface area contributed by atoms with E-state index in [1.54, 1.807) is 18.5 Å². The van der Waals surface area contributed by atoms with Gasteiger partial charge in [-0.25, -0.2) is 4.52 Å². The number of hydrogen-bond acceptors (Lipinski definition) is 1. The van der Waals surface area contributed by atoms with Gasteiger partial charge in [0.15, 0.2) is 0 Å². The molecule has 0 aliphatic carbocycles. The van der Waals surface area contributed by atoms with Crippen molar-refractivity contribution in [1.29, 1.82) is 0 Å². The van der Waals surface area contributed by atoms with E-state index < -0.39 is 7.49 Å². The minimum absolute atomic E-state index is 0.425. The molecule has 16 heavy (non-hydrogen) atoms. The summed E-state index contributed by atoms with van der Waals surface area (Å²) in [6.45, 7) is 0. The Kier molecular flexibility index (Phi) is 5.53. The van der Waals surface area contributed by atoms with E-state index in [0.717, 1.165) is 0 Å². The maximum atomic E-state index is 6.05. The first-order chi connectivity index (χ1) is 7.85. The zero-order valence-corrected chi connectivity index (χ0v) is 12.6. The van der Waals surface area contributed by atoms with Gasteiger partial charge in [0.25, 0.3) is 0 Å². The molecule has 2 bridgehead atoms. The molecule has 3 rings (SSSR count). The second-order valence-electron chi connectivity index (χ2n) is 5.37. The van der Waals surface area contributed by atoms with Gasteiger partial charge >= 0.3 is 0 Å². The Morgan fingerprint density at radius 2 is 1.19 bits per heavy atom. The summed E-state index contributed by atoms with van der Waals surface area (Å²) in [5, 5.41) is 0. The van der Waals surface area contributed by atoms with Crippen LogP contribution in [0, 0.1) is 0 Å². The van der Waals surface area contributed by atoms with Crippen molar-refractivity contribution in [3.63, 3.8) is 0 Å². The van der Waals surface area contributed by atoms with E-state index in [0.29, 0.717) is 7.92 Å². The summed E-state index contributed by atoms with van der Waals surface area (Å²) < 4.78 is 6.05. The second-order valence-corrected chi connectivity index (χ2v) is 11.9. The van der Waals surface area contributed by atoms with Crippen LogP contribution in [0.15, 0.2) is 0 Å². The number of hydrogen-bond donors (Lipinski definition) is 0. The molecule has 94 valence electrons. The third-order valence-electron chi connectivity index (χ3n) is 4.26. The van der Waals surface area contributed by atoms with Gasteiger partial charge in [0, 0.05) is 0 Å². The fourth-order valence-electron chi connectivity index (χ4n) is 3.15. The molecule has 1 nitrogen and oxygen atoms in total. The van der Waals surface area contributed by atoms with Gasteiger partial charge < -0.3 is 0 Å². The van der Waals surface area contributed by atoms with Crippen LogP contribution in [0.2, 0.25) is 0 Å². The summed E-state index contributed by atoms with van der Waals surface area (Å²) in [4.78, 5) is 0. The van der Waals surface area contributed by atoms with Crippen LogP contribution in [-0.2, 0) is 4.52 Å². The second kappa shape index (κ2) is 6.67. The maximum Gasteiger partial charge on any atom is 0.145 e. The quantitative estimate of drug-likeness (QED) is 0.635. The van der Waals surface area contributed by atoms with E-state index in [9.17, 15) is 0 Å². The van der Waals surface area contributed by atoms with Crippen molar-refractivity contribution >= 4 is 15.4 Å². The average Bonchev–Trinajstić information content (AvgIpc) is 2.35. The molecule has 0 radical (unpaired) electrons. The summed E-state index contributed by atoms with van der Waals surface area (Å²) >= 11 is 0. The fourth-order valence-corrected chi connectivity index (χ4v) is 9.45. The molecule has 0 aromatic carbocycles. The van der Waals surface area contributed by atoms with Gasteiger partial charge in [-0.1, -0.05) is 0 Å². The Bertz CT molecular complexity index is 177. The average molecular weight is 261 g/mol. The molecule has 0 amide bonds. The largest absolute Gasteiger partial charge is 0.241 e. The molecule has 0 N–H and O–H groups in total. The molecule has 0 aromatic heterocycles. The van der Waals surface area contributed by atoms with Crippen LogP contribution in [0.3, 0.4) is 0 Å². The first-order valence-electron chi connectivity index (χ1n) is 6.99. The van der Waals surface area contributed by atoms with Crippen molar-refractivity contribution in [3.05, 3.63) is 0 Å². The summed E-state index contributed by atoms with van der Waals surface area (Å²) in [5.74, 6) is 0. The van der Waals surface area contributed by atoms with Crippen LogP contribution in [0.5, 0.6) is 0 Å². The standard InChI is InChI=1S/C13H27OP2/c1-14-16-11-5-2-8-15(9-3-6-12-16)10-4-7-13-16/h2-13H2,1H3/q+1. The van der Waals surface area contributed by atoms with Gasteiger partial charge in [0.05, 0.1) is 25.6 Å². The minimum atomic E-state index is -0.974. The molecule has 0 aromatic rings. The first kappa shape index (κ1) is 13.3. The van der Waals surface area contributed by atoms with Crippen LogP contribution in [0.4, 0.5) is 0 Å². The highest BCUT2D eigenvalue weighted by molar-refractivity contribution is 7.71. The lowest BCUT2D eigenvalue weighted by Gasteiger charge is -2.29. The van der Waals surface area contributed by atoms with Gasteiger partial charge in [0.1, 0.15) is 7.49 Å². The Morgan fingerprint density at radius 1 is 0.750 bits per heavy atom. The SMILES string of the molecule is CO[P+]12CCCCP(CCCC1)CCCC2. The molecule has 3 aliphatic rings. The van der Waals surface area contributed by atoms with Gasteiger partial charge in [-0.3, -0.25) is 0 Å². The molecule has 3 aliphatic heterocycles. The van der Waals surface area contributed by atoms with Gasteiger partial charge in [0.2, 0.25) is 0 Å². The van der Waals surface area contributed by atoms with Crippen LogP contribution >= 0.6 is 15.4 Å². The maximum absolute atomic E-state index is 6.05. The lowest BCUT2D eigenvalue weighted by molar-refractivity contribution is 0.437. The first-order valence-corrected chi connectivity index (χ1v) is 11.1. The lowest BCUT2D eigenvalue weighted by atomic mass is 10.4. The zero-order valence-electron chi connectivity index (χ0n) is 10.8. The molecule has 3 fully saturated rings. The summed E-state index contributed by atoms with van der Waals surface area (Å²) in [5.41, 5.74) is 0. The molecular formula is C13H27OP2+. The monoisotopic (exact) mass is 261 g/mol. The van der Waals surface area contributed by atoms with Crippen LogP contribution in [0.25, 0.3) is 0 Å². The van der Waals surface area contributed by atoms with E-state index in [4.69, 9.17) is 4.52 Å². The molecule has 0 unspecified atom stereocenters. The van der Waals surface area contributed by atoms with Crippen molar-refractivity contribution in [2.24, 2.45) is 0 Å². The zero-order chi connectivity index (χ0) is 11.3. The Hall–Kier alpha value is 0.820. The lowest BCUT2D eigenvalue weighted by Crippen LogP contribution is -2.15. The van der Waals surface area contributed by atoms with Crippen molar-refractivity contribution < 1.29 is 4.52 Å². The minimum Gasteiger partial charge on any atom is -0.241 e. The Balaban J connectivity index is 2.05. The van der Waals surface area contributed by atoms with Crippen molar-refractivity contribution in [1.82, 2.24) is 0 Å². The van der Waals surface area contributed by atoms with Crippen LogP contribution < -0.4 is 0 Å². The number of fused-ring (bicyclic) bond motifs is 9. The van der Waals surface area contributed by atoms with Gasteiger partial charge in [-0.15, -0.1) is 7.92 Å². The Labute approximate surface area is 103 Å². The van der Waals surface area contributed by atoms with E-state index >= 15 is 0 Å². The molecule has 3 heterocycles. The normalized spacial score (nSPS) is 37.7. The van der Waals surface area contributed by atoms with Crippen LogP contribution in [0.1, 0.15) is 38.5 Å². The fraction of sp³-hybridized carbons (Fsp3) is 1.00. The van der Waals surface area contributed by atoms with E-state index in [1.165, 1.54) is 57.0 Å². The third-order valence-corrected chi connectivity index (χ3v) is 11.3. The number of rotatable bonds is 1. The van der Waals surface area contributed by atoms with Crippen molar-refractivity contribution in [2.75, 3.05) is 44.1 Å². The molecule has 0 spiro atoms. The Morgan fingerprint density at radius 3 is 1.56 bits per heavy atom. The van der Waals surface area contributed by atoms with Gasteiger partial charge in [-0.05, 0) is 57.0 Å². The smallest absolute Gasteiger partial charge is 0.145 e. The summed E-state index contributed by atoms with van der Waals surface area (Å²) in [6, 6.07) is 0. The topological polar surface area (TPSA) is 9.23 Å². The molecule has 0 saturated carbocycles. The third kappa shape index (κ3) is 3.66. The molecule has 0 atom stereocenters. The molecule has 3 saturated heterocycles. The highest BCUT2D eigenvalue weighted by Crippen LogP contribution is 2.62. The molecular weight excluding hydrogens is 234 g/mol. The predicted molar refractivity (Wildman–Crippen MR) is 77.8 cm³/mol. The van der Waals surface area contributed by atoms with E-state index in [1.807, 2.05) is 7.11 Å². The highest BCUT2D eigenvalue weighted by atomic mass is 31.2. The molecule has 3 heteroatoms. The summed E-state index contributed by atoms with van der Waals surface area (Å²) in [6.07, 6.45) is 17.9. The predicted octanol–water partition coefficient (Wildman–Crippen LogP) is 4.42. The highest BCUT2D eigenvalue weighted by Gasteiger charge is 2.37. The van der Waals surface area contributed by atoms with E-state index in [2.05, 4.69) is 0 Å². The summed E-state index contributed by atoms with van der Waals surface area (Å²) in [7, 11) is 1.45. The van der Waals surface area contributed by atoms with E-state index in [-0.39, 0.29) is 0 Å². The van der Waals surface area contributed by atoms with Crippen molar-refractivity contribution in [2.45, 2.75) is 38.5 Å².